The molecule has 2 aliphatic rings. The maximum absolute atomic E-state index is 12.9. The number of piperazine rings is 1. The monoisotopic (exact) mass is 502 g/mol. The van der Waals surface area contributed by atoms with Gasteiger partial charge < -0.3 is 35.1 Å². The van der Waals surface area contributed by atoms with E-state index in [2.05, 4.69) is 17.2 Å². The number of imide groups is 1. The highest BCUT2D eigenvalue weighted by Crippen LogP contribution is 2.31. The number of benzene rings is 1. The highest BCUT2D eigenvalue weighted by molar-refractivity contribution is 6.48. The first-order chi connectivity index (χ1) is 17.1. The Labute approximate surface area is 209 Å². The Morgan fingerprint density at radius 3 is 2.61 bits per heavy atom. The maximum Gasteiger partial charge on any atom is 0.549 e. The van der Waals surface area contributed by atoms with E-state index in [1.165, 1.54) is 18.1 Å². The molecule has 0 radical (unpaired) electrons. The number of amides is 4. The number of urea groups is 1. The molecule has 4 amide bonds. The Balaban J connectivity index is 1.75. The molecule has 0 spiro atoms. The second kappa shape index (κ2) is 11.4. The number of carbonyl (C=O) groups is 4. The Morgan fingerprint density at radius 2 is 2.00 bits per heavy atom. The van der Waals surface area contributed by atoms with E-state index in [1.54, 1.807) is 26.0 Å². The van der Waals surface area contributed by atoms with Crippen LogP contribution in [0, 0.1) is 0 Å². The van der Waals surface area contributed by atoms with Crippen LogP contribution in [0.2, 0.25) is 0 Å². The fourth-order valence-electron chi connectivity index (χ4n) is 4.28. The molecule has 36 heavy (non-hydrogen) atoms. The molecular formula is C23H31BN4O8. The Morgan fingerprint density at radius 1 is 1.28 bits per heavy atom. The molecule has 2 heterocycles. The second-order valence-corrected chi connectivity index (χ2v) is 8.55. The lowest BCUT2D eigenvalue weighted by Crippen LogP contribution is -2.61. The van der Waals surface area contributed by atoms with Crippen molar-refractivity contribution >= 4 is 30.9 Å². The number of likely N-dealkylation sites (N-methyl/N-ethyl adjacent to an activating group) is 1. The second-order valence-electron chi connectivity index (χ2n) is 8.55. The van der Waals surface area contributed by atoms with Crippen LogP contribution in [0.5, 0.6) is 5.75 Å². The smallest absolute Gasteiger partial charge is 0.534 e. The molecule has 194 valence electrons. The van der Waals surface area contributed by atoms with Gasteiger partial charge in [0.05, 0.1) is 23.7 Å². The first kappa shape index (κ1) is 27.0. The Bertz CT molecular complexity index is 1050. The first-order valence-corrected chi connectivity index (χ1v) is 11.7. The summed E-state index contributed by atoms with van der Waals surface area (Å²) < 4.78 is 11.2. The van der Waals surface area contributed by atoms with E-state index in [0.29, 0.717) is 18.5 Å². The topological polar surface area (TPSA) is 158 Å². The largest absolute Gasteiger partial charge is 0.549 e. The average Bonchev–Trinajstić information content (AvgIpc) is 2.87. The summed E-state index contributed by atoms with van der Waals surface area (Å²) in [5.74, 6) is -3.13. The first-order valence-electron chi connectivity index (χ1n) is 11.7. The molecule has 1 aromatic rings. The van der Waals surface area contributed by atoms with Gasteiger partial charge in [0.15, 0.2) is 0 Å². The Kier molecular flexibility index (Phi) is 8.59. The third-order valence-electron chi connectivity index (χ3n) is 6.33. The summed E-state index contributed by atoms with van der Waals surface area (Å²) >= 11 is 0. The highest BCUT2D eigenvalue weighted by atomic mass is 16.6. The van der Waals surface area contributed by atoms with Crippen LogP contribution >= 0.6 is 0 Å². The van der Waals surface area contributed by atoms with Gasteiger partial charge in [-0.25, -0.2) is 9.59 Å². The van der Waals surface area contributed by atoms with Gasteiger partial charge in [-0.3, -0.25) is 14.5 Å². The third-order valence-corrected chi connectivity index (χ3v) is 6.33. The summed E-state index contributed by atoms with van der Waals surface area (Å²) in [4.78, 5) is 51.2. The molecule has 0 saturated carbocycles. The van der Waals surface area contributed by atoms with Crippen molar-refractivity contribution < 1.29 is 38.7 Å². The summed E-state index contributed by atoms with van der Waals surface area (Å²) in [7, 11) is 0.529. The number of nitrogens with zero attached hydrogens (tertiary/aromatic N) is 2. The molecule has 1 saturated heterocycles. The quantitative estimate of drug-likeness (QED) is 0.270. The number of carboxylic acid groups (broad SMARTS) is 1. The van der Waals surface area contributed by atoms with Crippen molar-refractivity contribution in [2.24, 2.45) is 0 Å². The van der Waals surface area contributed by atoms with Gasteiger partial charge >= 0.3 is 30.9 Å². The molecule has 0 aliphatic carbocycles. The average molecular weight is 502 g/mol. The summed E-state index contributed by atoms with van der Waals surface area (Å²) in [5, 5.41) is 25.8. The zero-order valence-corrected chi connectivity index (χ0v) is 20.5. The predicted octanol–water partition coefficient (Wildman–Crippen LogP) is 0.00520. The number of carbonyl (C=O) groups excluding carboxylic acids is 3. The number of hydrogen-bond donors (Lipinski definition) is 4. The van der Waals surface area contributed by atoms with Crippen molar-refractivity contribution in [1.82, 2.24) is 20.4 Å². The van der Waals surface area contributed by atoms with Gasteiger partial charge in [0.1, 0.15) is 5.75 Å². The number of hydrogen-bond acceptors (Lipinski definition) is 8. The minimum Gasteiger partial charge on any atom is -0.534 e. The summed E-state index contributed by atoms with van der Waals surface area (Å²) in [5.41, 5.74) is 0.890. The van der Waals surface area contributed by atoms with Crippen molar-refractivity contribution in [3.05, 3.63) is 41.6 Å². The van der Waals surface area contributed by atoms with E-state index >= 15 is 0 Å². The zero-order valence-electron chi connectivity index (χ0n) is 20.5. The number of aliphatic hydroxyl groups excluding tert-OH is 1. The van der Waals surface area contributed by atoms with E-state index in [4.69, 9.17) is 9.31 Å². The van der Waals surface area contributed by atoms with E-state index < -0.39 is 49.0 Å². The van der Waals surface area contributed by atoms with Gasteiger partial charge in [-0.05, 0) is 31.4 Å². The molecular weight excluding hydrogens is 471 g/mol. The number of aliphatic hydroxyl groups is 1. The van der Waals surface area contributed by atoms with Gasteiger partial charge in [-0.15, -0.1) is 0 Å². The van der Waals surface area contributed by atoms with E-state index in [0.717, 1.165) is 4.90 Å². The van der Waals surface area contributed by atoms with Gasteiger partial charge in [0, 0.05) is 32.4 Å². The van der Waals surface area contributed by atoms with Crippen LogP contribution in [-0.4, -0.2) is 95.8 Å². The minimum absolute atomic E-state index is 0.0146. The van der Waals surface area contributed by atoms with Crippen LogP contribution < -0.4 is 15.3 Å². The molecule has 1 fully saturated rings. The number of fused-ring (bicyclic) bond motifs is 1. The predicted molar refractivity (Wildman–Crippen MR) is 129 cm³/mol. The summed E-state index contributed by atoms with van der Waals surface area (Å²) in [6.07, 6.45) is -0.460. The normalized spacial score (nSPS) is 19.2. The summed E-state index contributed by atoms with van der Waals surface area (Å²) in [6.45, 7) is 8.05. The van der Waals surface area contributed by atoms with Crippen molar-refractivity contribution in [3.63, 3.8) is 0 Å². The van der Waals surface area contributed by atoms with Gasteiger partial charge in [-0.2, -0.15) is 0 Å². The molecule has 4 N–H and O–H groups in total. The van der Waals surface area contributed by atoms with Crippen LogP contribution in [0.4, 0.5) is 4.79 Å². The van der Waals surface area contributed by atoms with Gasteiger partial charge in [0.2, 0.25) is 0 Å². The maximum atomic E-state index is 12.9. The SMILES string of the molecule is C=C(NC1Cc2cccc(C(=O)O)c2OB1OC)C(NC(=O)N1CCN(CC)C(=O)C1=O)C(O)CC. The molecule has 13 heteroatoms. The minimum atomic E-state index is -1.13. The van der Waals surface area contributed by atoms with E-state index in [9.17, 15) is 29.4 Å². The molecule has 1 aromatic carbocycles. The number of rotatable bonds is 9. The summed E-state index contributed by atoms with van der Waals surface area (Å²) in [6, 6.07) is 2.98. The molecule has 3 rings (SSSR count). The van der Waals surface area contributed by atoms with Crippen LogP contribution in [0.15, 0.2) is 30.5 Å². The third kappa shape index (κ3) is 5.47. The van der Waals surface area contributed by atoms with Crippen molar-refractivity contribution in [2.75, 3.05) is 26.7 Å². The van der Waals surface area contributed by atoms with Crippen molar-refractivity contribution in [1.29, 1.82) is 0 Å². The number of nitrogens with one attached hydrogen (secondary N) is 2. The van der Waals surface area contributed by atoms with Crippen LogP contribution in [-0.2, 0) is 20.7 Å². The Hall–Kier alpha value is -3.58. The standard InChI is InChI=1S/C23H31BN4O8/c1-5-16(29)18(26-23(34)28-11-10-27(6-2)20(30)21(28)31)13(3)25-17-12-14-8-7-9-15(22(32)33)19(14)36-24(17)35-4/h7-9,16-18,25,29H,3,5-6,10-12H2,1-2,4H3,(H,26,34)(H,32,33). The number of aromatic carboxylic acids is 1. The number of para-hydroxylation sites is 1. The fourth-order valence-corrected chi connectivity index (χ4v) is 4.28. The van der Waals surface area contributed by atoms with Crippen LogP contribution in [0.25, 0.3) is 0 Å². The molecule has 2 aliphatic heterocycles. The molecule has 0 bridgehead atoms. The molecule has 3 unspecified atom stereocenters. The van der Waals surface area contributed by atoms with E-state index in [1.807, 2.05) is 0 Å². The fraction of sp³-hybridized carbons (Fsp3) is 0.478. The lowest BCUT2D eigenvalue weighted by molar-refractivity contribution is -0.153. The molecule has 12 nitrogen and oxygen atoms in total. The van der Waals surface area contributed by atoms with Crippen molar-refractivity contribution in [3.8, 4) is 5.75 Å². The van der Waals surface area contributed by atoms with E-state index in [-0.39, 0.29) is 36.5 Å². The lowest BCUT2D eigenvalue weighted by atomic mass is 9.71. The van der Waals surface area contributed by atoms with Gasteiger partial charge in [0.25, 0.3) is 0 Å². The van der Waals surface area contributed by atoms with Crippen LogP contribution in [0.3, 0.4) is 0 Å². The van der Waals surface area contributed by atoms with Crippen LogP contribution in [0.1, 0.15) is 36.2 Å². The lowest BCUT2D eigenvalue weighted by Gasteiger charge is -2.36. The van der Waals surface area contributed by atoms with Crippen molar-refractivity contribution in [2.45, 2.75) is 44.8 Å². The molecule has 0 aromatic heterocycles. The number of carboxylic acids is 1. The zero-order chi connectivity index (χ0) is 26.6. The molecule has 3 atom stereocenters. The highest BCUT2D eigenvalue weighted by Gasteiger charge is 2.41. The van der Waals surface area contributed by atoms with Gasteiger partial charge in [-0.1, -0.05) is 25.6 Å².